The van der Waals surface area contributed by atoms with Gasteiger partial charge in [0.05, 0.1) is 29.7 Å². The van der Waals surface area contributed by atoms with Gasteiger partial charge in [0.15, 0.2) is 11.5 Å². The average molecular weight is 430 g/mol. The third-order valence-corrected chi connectivity index (χ3v) is 4.87. The number of hydrazone groups is 1. The Morgan fingerprint density at radius 1 is 1.17 bits per heavy atom. The molecule has 4 rings (SSSR count). The number of thiazole rings is 1. The summed E-state index contributed by atoms with van der Waals surface area (Å²) in [5.74, 6) is -0.390. The summed E-state index contributed by atoms with van der Waals surface area (Å²) in [6.45, 7) is 0. The second-order valence-corrected chi connectivity index (χ2v) is 7.03. The zero-order chi connectivity index (χ0) is 20.2. The van der Waals surface area contributed by atoms with Crippen molar-refractivity contribution in [3.05, 3.63) is 65.3 Å². The summed E-state index contributed by atoms with van der Waals surface area (Å²) in [7, 11) is 1.48. The fraction of sp³-hybridized carbons (Fsp3) is 0.0526. The Bertz CT molecular complexity index is 1170. The van der Waals surface area contributed by atoms with Gasteiger partial charge in [-0.3, -0.25) is 5.43 Å². The number of nitrogens with zero attached hydrogens (tertiary/aromatic N) is 4. The lowest BCUT2D eigenvalue weighted by Crippen LogP contribution is -1.98. The molecular weight excluding hydrogens is 417 g/mol. The van der Waals surface area contributed by atoms with Crippen LogP contribution in [0.3, 0.4) is 0 Å². The van der Waals surface area contributed by atoms with Gasteiger partial charge in [0.2, 0.25) is 16.2 Å². The van der Waals surface area contributed by atoms with Crippen LogP contribution >= 0.6 is 22.9 Å². The van der Waals surface area contributed by atoms with Crippen molar-refractivity contribution in [1.82, 2.24) is 15.0 Å². The van der Waals surface area contributed by atoms with Gasteiger partial charge in [-0.1, -0.05) is 23.5 Å². The Morgan fingerprint density at radius 3 is 2.86 bits per heavy atom. The zero-order valence-corrected chi connectivity index (χ0v) is 16.5. The molecule has 2 aromatic heterocycles. The van der Waals surface area contributed by atoms with Crippen molar-refractivity contribution in [2.75, 3.05) is 12.5 Å². The molecule has 0 fully saturated rings. The predicted octanol–water partition coefficient (Wildman–Crippen LogP) is 5.13. The summed E-state index contributed by atoms with van der Waals surface area (Å²) in [4.78, 5) is 11.7. The van der Waals surface area contributed by atoms with Gasteiger partial charge in [0, 0.05) is 0 Å². The van der Waals surface area contributed by atoms with E-state index >= 15 is 0 Å². The first-order valence-corrected chi connectivity index (χ1v) is 9.50. The molecule has 0 atom stereocenters. The quantitative estimate of drug-likeness (QED) is 0.260. The van der Waals surface area contributed by atoms with Crippen LogP contribution in [0.4, 0.5) is 9.52 Å². The Labute approximate surface area is 173 Å². The van der Waals surface area contributed by atoms with Crippen LogP contribution < -0.4 is 14.9 Å². The van der Waals surface area contributed by atoms with Crippen LogP contribution in [0, 0.1) is 5.82 Å². The second kappa shape index (κ2) is 8.38. The molecule has 4 aromatic rings. The molecular formula is C19H13ClFN5O2S. The van der Waals surface area contributed by atoms with Gasteiger partial charge in [0.1, 0.15) is 0 Å². The Morgan fingerprint density at radius 2 is 2.03 bits per heavy atom. The second-order valence-electron chi connectivity index (χ2n) is 5.66. The van der Waals surface area contributed by atoms with Gasteiger partial charge in [0.25, 0.3) is 5.88 Å². The van der Waals surface area contributed by atoms with E-state index in [4.69, 9.17) is 21.1 Å². The maximum absolute atomic E-state index is 13.9. The first-order chi connectivity index (χ1) is 14.1. The van der Waals surface area contributed by atoms with E-state index in [1.54, 1.807) is 24.4 Å². The molecule has 29 heavy (non-hydrogen) atoms. The topological polar surface area (TPSA) is 81.5 Å². The van der Waals surface area contributed by atoms with E-state index in [-0.39, 0.29) is 16.9 Å². The van der Waals surface area contributed by atoms with E-state index in [2.05, 4.69) is 25.5 Å². The zero-order valence-electron chi connectivity index (χ0n) is 15.0. The predicted molar refractivity (Wildman–Crippen MR) is 111 cm³/mol. The molecule has 1 N–H and O–H groups in total. The number of methoxy groups -OCH3 is 1. The van der Waals surface area contributed by atoms with E-state index in [1.807, 2.05) is 24.3 Å². The Kier molecular flexibility index (Phi) is 5.50. The summed E-state index contributed by atoms with van der Waals surface area (Å²) in [6, 6.07) is 12.9. The standard InChI is InChI=1S/C19H13ClFN5O2S/c1-27-14-7-6-11(8-15(14)28-17-12(21)10-22-18(20)25-17)9-23-26-19-24-13-4-2-3-5-16(13)29-19/h2-10H,1H3,(H,24,26)/b23-9+. The number of fused-ring (bicyclic) bond motifs is 1. The smallest absolute Gasteiger partial charge is 0.260 e. The summed E-state index contributed by atoms with van der Waals surface area (Å²) >= 11 is 7.21. The van der Waals surface area contributed by atoms with Crippen molar-refractivity contribution in [2.45, 2.75) is 0 Å². The molecule has 2 aromatic carbocycles. The number of hydrogen-bond acceptors (Lipinski definition) is 8. The van der Waals surface area contributed by atoms with Crippen molar-refractivity contribution in [3.63, 3.8) is 0 Å². The summed E-state index contributed by atoms with van der Waals surface area (Å²) in [5.41, 5.74) is 4.50. The van der Waals surface area contributed by atoms with Crippen molar-refractivity contribution >= 4 is 44.5 Å². The first kappa shape index (κ1) is 19.0. The molecule has 2 heterocycles. The fourth-order valence-corrected chi connectivity index (χ4v) is 3.38. The van der Waals surface area contributed by atoms with Crippen molar-refractivity contribution in [2.24, 2.45) is 5.10 Å². The van der Waals surface area contributed by atoms with Crippen LogP contribution in [-0.4, -0.2) is 28.3 Å². The normalized spacial score (nSPS) is 11.1. The number of para-hydroxylation sites is 1. The van der Waals surface area contributed by atoms with E-state index < -0.39 is 5.82 Å². The highest BCUT2D eigenvalue weighted by atomic mass is 35.5. The highest BCUT2D eigenvalue weighted by Crippen LogP contribution is 2.32. The number of nitrogens with one attached hydrogen (secondary N) is 1. The minimum atomic E-state index is -0.743. The molecule has 7 nitrogen and oxygen atoms in total. The highest BCUT2D eigenvalue weighted by Gasteiger charge is 2.13. The number of aromatic nitrogens is 3. The third-order valence-electron chi connectivity index (χ3n) is 3.74. The third kappa shape index (κ3) is 4.41. The molecule has 0 spiro atoms. The molecule has 146 valence electrons. The van der Waals surface area contributed by atoms with Crippen molar-refractivity contribution in [1.29, 1.82) is 0 Å². The number of halogens is 2. The van der Waals surface area contributed by atoms with Crippen LogP contribution in [-0.2, 0) is 0 Å². The summed E-state index contributed by atoms with van der Waals surface area (Å²) < 4.78 is 25.7. The van der Waals surface area contributed by atoms with Gasteiger partial charge in [-0.05, 0) is 47.5 Å². The minimum absolute atomic E-state index is 0.127. The molecule has 0 bridgehead atoms. The minimum Gasteiger partial charge on any atom is -0.493 e. The number of rotatable bonds is 6. The molecule has 0 unspecified atom stereocenters. The van der Waals surface area contributed by atoms with Gasteiger partial charge in [-0.15, -0.1) is 0 Å². The molecule has 0 amide bonds. The number of ether oxygens (including phenoxy) is 2. The van der Waals surface area contributed by atoms with E-state index in [0.717, 1.165) is 16.4 Å². The molecule has 0 aliphatic carbocycles. The SMILES string of the molecule is COc1ccc(/C=N/Nc2nc3ccccc3s2)cc1Oc1nc(Cl)ncc1F. The van der Waals surface area contributed by atoms with Crippen LogP contribution in [0.15, 0.2) is 53.8 Å². The van der Waals surface area contributed by atoms with Crippen LogP contribution in [0.1, 0.15) is 5.56 Å². The summed E-state index contributed by atoms with van der Waals surface area (Å²) in [5, 5.41) is 4.74. The fourth-order valence-electron chi connectivity index (χ4n) is 2.44. The number of anilines is 1. The lowest BCUT2D eigenvalue weighted by Gasteiger charge is -2.10. The molecule has 0 aliphatic rings. The van der Waals surface area contributed by atoms with Gasteiger partial charge < -0.3 is 9.47 Å². The average Bonchev–Trinajstić information content (AvgIpc) is 3.14. The summed E-state index contributed by atoms with van der Waals surface area (Å²) in [6.07, 6.45) is 2.52. The van der Waals surface area contributed by atoms with Crippen LogP contribution in [0.2, 0.25) is 5.28 Å². The lowest BCUT2D eigenvalue weighted by molar-refractivity contribution is 0.363. The molecule has 0 aliphatic heterocycles. The maximum Gasteiger partial charge on any atom is 0.260 e. The van der Waals surface area contributed by atoms with Crippen LogP contribution in [0.5, 0.6) is 17.4 Å². The Balaban J connectivity index is 1.54. The lowest BCUT2D eigenvalue weighted by atomic mass is 10.2. The number of hydrogen-bond donors (Lipinski definition) is 1. The Hall–Kier alpha value is -3.30. The molecule has 10 heteroatoms. The largest absolute Gasteiger partial charge is 0.493 e. The van der Waals surface area contributed by atoms with Gasteiger partial charge in [-0.25, -0.2) is 9.97 Å². The van der Waals surface area contributed by atoms with Crippen molar-refractivity contribution < 1.29 is 13.9 Å². The first-order valence-electron chi connectivity index (χ1n) is 8.31. The molecule has 0 saturated carbocycles. The maximum atomic E-state index is 13.9. The van der Waals surface area contributed by atoms with Gasteiger partial charge in [-0.2, -0.15) is 14.5 Å². The van der Waals surface area contributed by atoms with E-state index in [1.165, 1.54) is 18.4 Å². The number of benzene rings is 2. The van der Waals surface area contributed by atoms with Crippen molar-refractivity contribution in [3.8, 4) is 17.4 Å². The van der Waals surface area contributed by atoms with Gasteiger partial charge >= 0.3 is 0 Å². The molecule has 0 saturated heterocycles. The highest BCUT2D eigenvalue weighted by molar-refractivity contribution is 7.22. The molecule has 0 radical (unpaired) electrons. The van der Waals surface area contributed by atoms with E-state index in [0.29, 0.717) is 16.4 Å². The van der Waals surface area contributed by atoms with E-state index in [9.17, 15) is 4.39 Å². The monoisotopic (exact) mass is 429 g/mol. The van der Waals surface area contributed by atoms with Crippen LogP contribution in [0.25, 0.3) is 10.2 Å².